The van der Waals surface area contributed by atoms with E-state index >= 15 is 0 Å². The molecule has 0 saturated carbocycles. The predicted octanol–water partition coefficient (Wildman–Crippen LogP) is 19.5. The molecule has 0 radical (unpaired) electrons. The number of aliphatic hydroxyl groups is 1. The van der Waals surface area contributed by atoms with Crippen molar-refractivity contribution < 1.29 is 80.2 Å². The van der Waals surface area contributed by atoms with Crippen molar-refractivity contribution in [2.24, 2.45) is 17.8 Å². The fourth-order valence-corrected chi connectivity index (χ4v) is 11.9. The number of phosphoric ester groups is 2. The van der Waals surface area contributed by atoms with Gasteiger partial charge in [0.05, 0.1) is 26.4 Å². The third-order valence-corrected chi connectivity index (χ3v) is 17.8. The summed E-state index contributed by atoms with van der Waals surface area (Å²) in [6, 6.07) is 0. The fraction of sp³-hybridized carbons (Fsp3) is 0.942. The minimum atomic E-state index is -4.95. The van der Waals surface area contributed by atoms with Crippen LogP contribution in [0.25, 0.3) is 0 Å². The van der Waals surface area contributed by atoms with Crippen LogP contribution < -0.4 is 0 Å². The van der Waals surface area contributed by atoms with Gasteiger partial charge in [-0.15, -0.1) is 0 Å². The van der Waals surface area contributed by atoms with E-state index in [1.54, 1.807) is 0 Å². The smallest absolute Gasteiger partial charge is 0.462 e. The average Bonchev–Trinajstić information content (AvgIpc) is 3.69. The number of carbonyl (C=O) groups is 4. The lowest BCUT2D eigenvalue weighted by Gasteiger charge is -2.21. The molecule has 0 aromatic heterocycles. The van der Waals surface area contributed by atoms with Crippen molar-refractivity contribution in [3.63, 3.8) is 0 Å². The van der Waals surface area contributed by atoms with E-state index in [1.165, 1.54) is 148 Å². The first kappa shape index (κ1) is 86.1. The summed E-state index contributed by atoms with van der Waals surface area (Å²) in [5.74, 6) is 0.0876. The molecule has 0 aliphatic carbocycles. The zero-order valence-electron chi connectivity index (χ0n) is 57.2. The van der Waals surface area contributed by atoms with Crippen molar-refractivity contribution in [2.75, 3.05) is 39.6 Å². The highest BCUT2D eigenvalue weighted by Gasteiger charge is 2.30. The Kier molecular flexibility index (Phi) is 58.7. The zero-order valence-corrected chi connectivity index (χ0v) is 59.0. The number of ether oxygens (including phenoxy) is 4. The summed E-state index contributed by atoms with van der Waals surface area (Å²) >= 11 is 0. The first-order valence-corrected chi connectivity index (χ1v) is 38.8. The second-order valence-corrected chi connectivity index (χ2v) is 29.3. The molecule has 0 aromatic carbocycles. The number of hydrogen-bond donors (Lipinski definition) is 3. The van der Waals surface area contributed by atoms with Crippen LogP contribution in [0.3, 0.4) is 0 Å². The van der Waals surface area contributed by atoms with Gasteiger partial charge in [-0.3, -0.25) is 37.3 Å². The van der Waals surface area contributed by atoms with Gasteiger partial charge in [-0.05, 0) is 43.4 Å². The standard InChI is InChI=1S/C69H134O17P2/c1-8-9-10-11-12-28-36-43-50-66(71)79-57-65(86-69(74)53-46-39-32-31-35-42-49-62(6)7)59-84-88(77,78)82-55-63(70)54-81-87(75,76)83-58-64(56-80-67(72)51-44-37-29-25-21-23-27-34-41-48-61(4)5)85-68(73)52-45-38-30-24-20-18-16-14-13-15-17-19-22-26-33-40-47-60(2)3/h60-65,70H,8-59H2,1-7H3,(H,75,76)(H,77,78)/t63-,64-,65-/m1/s1. The maximum Gasteiger partial charge on any atom is 0.472 e. The minimum absolute atomic E-state index is 0.102. The molecule has 0 heterocycles. The first-order valence-electron chi connectivity index (χ1n) is 35.8. The van der Waals surface area contributed by atoms with Crippen molar-refractivity contribution in [1.82, 2.24) is 0 Å². The number of phosphoric acid groups is 2. The summed E-state index contributed by atoms with van der Waals surface area (Å²) < 4.78 is 68.1. The number of rotatable bonds is 67. The molecule has 19 heteroatoms. The van der Waals surface area contributed by atoms with Gasteiger partial charge in [-0.25, -0.2) is 9.13 Å². The molecular formula is C69H134O17P2. The second kappa shape index (κ2) is 60.0. The molecule has 17 nitrogen and oxygen atoms in total. The highest BCUT2D eigenvalue weighted by Crippen LogP contribution is 2.45. The lowest BCUT2D eigenvalue weighted by atomic mass is 10.0. The molecule has 88 heavy (non-hydrogen) atoms. The van der Waals surface area contributed by atoms with Crippen LogP contribution >= 0.6 is 15.6 Å². The number of hydrogen-bond acceptors (Lipinski definition) is 15. The third-order valence-electron chi connectivity index (χ3n) is 15.9. The monoisotopic (exact) mass is 1300 g/mol. The molecule has 0 rings (SSSR count). The number of carbonyl (C=O) groups excluding carboxylic acids is 4. The van der Waals surface area contributed by atoms with Gasteiger partial charge in [-0.1, -0.05) is 292 Å². The minimum Gasteiger partial charge on any atom is -0.462 e. The number of aliphatic hydroxyl groups excluding tert-OH is 1. The van der Waals surface area contributed by atoms with Crippen LogP contribution in [0.5, 0.6) is 0 Å². The molecule has 2 unspecified atom stereocenters. The molecule has 0 aromatic rings. The highest BCUT2D eigenvalue weighted by atomic mass is 31.2. The number of unbranched alkanes of at least 4 members (excludes halogenated alkanes) is 35. The van der Waals surface area contributed by atoms with Gasteiger partial charge in [0.25, 0.3) is 0 Å². The van der Waals surface area contributed by atoms with E-state index in [0.29, 0.717) is 31.6 Å². The summed E-state index contributed by atoms with van der Waals surface area (Å²) in [5, 5.41) is 10.6. The summed E-state index contributed by atoms with van der Waals surface area (Å²) in [7, 11) is -9.89. The van der Waals surface area contributed by atoms with Gasteiger partial charge in [0.15, 0.2) is 12.2 Å². The lowest BCUT2D eigenvalue weighted by molar-refractivity contribution is -0.161. The highest BCUT2D eigenvalue weighted by molar-refractivity contribution is 7.47. The van der Waals surface area contributed by atoms with Crippen LogP contribution in [0.1, 0.15) is 344 Å². The van der Waals surface area contributed by atoms with E-state index in [4.69, 9.17) is 37.0 Å². The van der Waals surface area contributed by atoms with Crippen LogP contribution in [-0.2, 0) is 65.4 Å². The number of esters is 4. The quantitative estimate of drug-likeness (QED) is 0.0222. The van der Waals surface area contributed by atoms with Gasteiger partial charge >= 0.3 is 39.5 Å². The molecule has 0 bridgehead atoms. The normalized spacial score (nSPS) is 14.2. The second-order valence-electron chi connectivity index (χ2n) is 26.3. The van der Waals surface area contributed by atoms with Crippen molar-refractivity contribution >= 4 is 39.5 Å². The molecule has 3 N–H and O–H groups in total. The zero-order chi connectivity index (χ0) is 65.2. The van der Waals surface area contributed by atoms with Crippen LogP contribution in [0, 0.1) is 17.8 Å². The van der Waals surface area contributed by atoms with Crippen molar-refractivity contribution in [3.05, 3.63) is 0 Å². The van der Waals surface area contributed by atoms with Crippen molar-refractivity contribution in [2.45, 2.75) is 362 Å². The first-order chi connectivity index (χ1) is 42.2. The molecule has 522 valence electrons. The Labute approximate surface area is 537 Å². The molecule has 0 aliphatic rings. The molecule has 5 atom stereocenters. The Bertz CT molecular complexity index is 1730. The third kappa shape index (κ3) is 62.8. The van der Waals surface area contributed by atoms with Gasteiger partial charge in [0.1, 0.15) is 19.3 Å². The van der Waals surface area contributed by atoms with Crippen LogP contribution in [-0.4, -0.2) is 96.7 Å². The maximum atomic E-state index is 13.0. The van der Waals surface area contributed by atoms with E-state index in [-0.39, 0.29) is 25.7 Å². The van der Waals surface area contributed by atoms with Crippen LogP contribution in [0.4, 0.5) is 0 Å². The van der Waals surface area contributed by atoms with E-state index in [9.17, 15) is 43.2 Å². The lowest BCUT2D eigenvalue weighted by Crippen LogP contribution is -2.30. The molecule has 0 amide bonds. The van der Waals surface area contributed by atoms with E-state index < -0.39 is 97.5 Å². The van der Waals surface area contributed by atoms with Crippen LogP contribution in [0.15, 0.2) is 0 Å². The summed E-state index contributed by atoms with van der Waals surface area (Å²) in [4.78, 5) is 72.3. The predicted molar refractivity (Wildman–Crippen MR) is 354 cm³/mol. The van der Waals surface area contributed by atoms with Crippen molar-refractivity contribution in [1.29, 1.82) is 0 Å². The SMILES string of the molecule is CCCCCCCCCCC(=O)OC[C@H](COP(=O)(O)OC[C@H](O)COP(=O)(O)OC[C@@H](COC(=O)CCCCCCCCCCCC(C)C)OC(=O)CCCCCCCCCCCCCCCCCCC(C)C)OC(=O)CCCCCCCCC(C)C. The molecule has 0 saturated heterocycles. The Balaban J connectivity index is 5.18. The Morgan fingerprint density at radius 2 is 0.523 bits per heavy atom. The van der Waals surface area contributed by atoms with E-state index in [0.717, 1.165) is 108 Å². The largest absolute Gasteiger partial charge is 0.472 e. The van der Waals surface area contributed by atoms with E-state index in [2.05, 4.69) is 48.5 Å². The van der Waals surface area contributed by atoms with Gasteiger partial charge in [-0.2, -0.15) is 0 Å². The fourth-order valence-electron chi connectivity index (χ4n) is 10.4. The summed E-state index contributed by atoms with van der Waals surface area (Å²) in [6.45, 7) is 11.7. The topological polar surface area (TPSA) is 237 Å². The molecular weight excluding hydrogens is 1160 g/mol. The summed E-state index contributed by atoms with van der Waals surface area (Å²) in [6.07, 6.45) is 43.4. The van der Waals surface area contributed by atoms with Crippen molar-refractivity contribution in [3.8, 4) is 0 Å². The van der Waals surface area contributed by atoms with Gasteiger partial charge in [0, 0.05) is 25.7 Å². The Hall–Kier alpha value is -1.94. The Morgan fingerprint density at radius 1 is 0.307 bits per heavy atom. The Morgan fingerprint density at radius 3 is 0.773 bits per heavy atom. The van der Waals surface area contributed by atoms with Gasteiger partial charge in [0.2, 0.25) is 0 Å². The van der Waals surface area contributed by atoms with Gasteiger partial charge < -0.3 is 33.8 Å². The summed E-state index contributed by atoms with van der Waals surface area (Å²) in [5.41, 5.74) is 0. The van der Waals surface area contributed by atoms with E-state index in [1.807, 2.05) is 0 Å². The molecule has 0 spiro atoms. The van der Waals surface area contributed by atoms with Crippen LogP contribution in [0.2, 0.25) is 0 Å². The molecule has 0 fully saturated rings. The molecule has 0 aliphatic heterocycles. The average molecular weight is 1300 g/mol. The maximum absolute atomic E-state index is 13.0.